The fourth-order valence-electron chi connectivity index (χ4n) is 4.53. The highest BCUT2D eigenvalue weighted by Gasteiger charge is 2.68. The Kier molecular flexibility index (Phi) is 3.12. The van der Waals surface area contributed by atoms with Gasteiger partial charge in [-0.2, -0.15) is 0 Å². The van der Waals surface area contributed by atoms with Gasteiger partial charge >= 0.3 is 7.12 Å². The Labute approximate surface area is 117 Å². The summed E-state index contributed by atoms with van der Waals surface area (Å²) in [5.41, 5.74) is 6.47. The van der Waals surface area contributed by atoms with E-state index in [2.05, 4.69) is 27.4 Å². The molecule has 4 rings (SSSR count). The molecular formula is C15H26BNO2. The Balaban J connectivity index is 1.72. The first-order valence-electron chi connectivity index (χ1n) is 7.59. The van der Waals surface area contributed by atoms with Crippen molar-refractivity contribution in [3.8, 4) is 0 Å². The van der Waals surface area contributed by atoms with Gasteiger partial charge in [0.1, 0.15) is 0 Å². The van der Waals surface area contributed by atoms with Gasteiger partial charge in [0.2, 0.25) is 0 Å². The van der Waals surface area contributed by atoms with Gasteiger partial charge < -0.3 is 15.0 Å². The zero-order valence-electron chi connectivity index (χ0n) is 12.4. The van der Waals surface area contributed by atoms with Gasteiger partial charge in [-0.3, -0.25) is 0 Å². The van der Waals surface area contributed by atoms with Crippen molar-refractivity contribution in [1.82, 2.24) is 0 Å². The molecule has 0 aromatic heterocycles. The molecule has 0 aromatic carbocycles. The van der Waals surface area contributed by atoms with Gasteiger partial charge in [-0.25, -0.2) is 0 Å². The SMILES string of the molecule is C=CCC[C@H](N)B1O[C@@H]2C[C@@H]3C[C@@H](C3(C)C)[C@]2(C)O1. The van der Waals surface area contributed by atoms with Crippen molar-refractivity contribution in [1.29, 1.82) is 0 Å². The van der Waals surface area contributed by atoms with E-state index in [0.29, 0.717) is 11.3 Å². The van der Waals surface area contributed by atoms with Gasteiger partial charge in [0.05, 0.1) is 11.7 Å². The normalized spacial score (nSPS) is 44.4. The highest BCUT2D eigenvalue weighted by molar-refractivity contribution is 6.47. The average molecular weight is 263 g/mol. The summed E-state index contributed by atoms with van der Waals surface area (Å²) >= 11 is 0. The largest absolute Gasteiger partial charge is 0.475 e. The lowest BCUT2D eigenvalue weighted by Crippen LogP contribution is -2.65. The molecule has 0 spiro atoms. The summed E-state index contributed by atoms with van der Waals surface area (Å²) in [5, 5.41) is 0. The molecule has 2 N–H and O–H groups in total. The molecule has 2 bridgehead atoms. The second-order valence-corrected chi connectivity index (χ2v) is 7.37. The highest BCUT2D eigenvalue weighted by Crippen LogP contribution is 2.65. The third kappa shape index (κ3) is 1.84. The van der Waals surface area contributed by atoms with Crippen molar-refractivity contribution < 1.29 is 9.31 Å². The first-order chi connectivity index (χ1) is 8.89. The molecule has 3 saturated carbocycles. The topological polar surface area (TPSA) is 44.5 Å². The van der Waals surface area contributed by atoms with Gasteiger partial charge in [0, 0.05) is 5.94 Å². The first kappa shape index (κ1) is 13.7. The van der Waals surface area contributed by atoms with Crippen LogP contribution >= 0.6 is 0 Å². The molecule has 0 unspecified atom stereocenters. The maximum atomic E-state index is 6.32. The lowest BCUT2D eigenvalue weighted by atomic mass is 9.43. The van der Waals surface area contributed by atoms with Crippen LogP contribution in [0.2, 0.25) is 0 Å². The minimum absolute atomic E-state index is 0.0410. The number of hydrogen-bond donors (Lipinski definition) is 1. The quantitative estimate of drug-likeness (QED) is 0.626. The van der Waals surface area contributed by atoms with E-state index >= 15 is 0 Å². The van der Waals surface area contributed by atoms with Gasteiger partial charge in [0.25, 0.3) is 0 Å². The van der Waals surface area contributed by atoms with Crippen LogP contribution in [0.15, 0.2) is 12.7 Å². The third-order valence-corrected chi connectivity index (χ3v) is 6.02. The van der Waals surface area contributed by atoms with Crippen LogP contribution in [0.3, 0.4) is 0 Å². The Bertz CT molecular complexity index is 386. The van der Waals surface area contributed by atoms with Crippen molar-refractivity contribution in [2.75, 3.05) is 0 Å². The zero-order valence-corrected chi connectivity index (χ0v) is 12.4. The summed E-state index contributed by atoms with van der Waals surface area (Å²) in [7, 11) is -0.231. The van der Waals surface area contributed by atoms with E-state index in [-0.39, 0.29) is 24.8 Å². The highest BCUT2D eigenvalue weighted by atomic mass is 16.7. The predicted molar refractivity (Wildman–Crippen MR) is 77.5 cm³/mol. The Morgan fingerprint density at radius 2 is 2.16 bits per heavy atom. The number of nitrogens with two attached hydrogens (primary N) is 1. The number of allylic oxidation sites excluding steroid dienone is 1. The first-order valence-corrected chi connectivity index (χ1v) is 7.59. The second kappa shape index (κ2) is 4.34. The summed E-state index contributed by atoms with van der Waals surface area (Å²) in [5.74, 6) is 1.36. The molecule has 3 nitrogen and oxygen atoms in total. The summed E-state index contributed by atoms with van der Waals surface area (Å²) in [6, 6.07) is 0. The molecule has 0 aromatic rings. The maximum Gasteiger partial charge on any atom is 0.475 e. The van der Waals surface area contributed by atoms with Gasteiger partial charge in [-0.05, 0) is 49.9 Å². The Morgan fingerprint density at radius 1 is 1.42 bits per heavy atom. The molecule has 106 valence electrons. The van der Waals surface area contributed by atoms with Crippen LogP contribution in [-0.2, 0) is 9.31 Å². The van der Waals surface area contributed by atoms with E-state index in [1.54, 1.807) is 0 Å². The minimum atomic E-state index is -0.231. The van der Waals surface area contributed by atoms with Crippen LogP contribution in [0, 0.1) is 17.3 Å². The van der Waals surface area contributed by atoms with E-state index < -0.39 is 0 Å². The smallest absolute Gasteiger partial charge is 0.404 e. The van der Waals surface area contributed by atoms with Crippen molar-refractivity contribution in [2.24, 2.45) is 23.0 Å². The van der Waals surface area contributed by atoms with Gasteiger partial charge in [-0.15, -0.1) is 6.58 Å². The minimum Gasteiger partial charge on any atom is -0.404 e. The summed E-state index contributed by atoms with van der Waals surface area (Å²) in [6.45, 7) is 10.7. The van der Waals surface area contributed by atoms with Crippen LogP contribution in [0.5, 0.6) is 0 Å². The van der Waals surface area contributed by atoms with Gasteiger partial charge in [-0.1, -0.05) is 19.9 Å². The molecule has 19 heavy (non-hydrogen) atoms. The summed E-state index contributed by atoms with van der Waals surface area (Å²) in [6.07, 6.45) is 6.37. The molecule has 0 amide bonds. The Hall–Kier alpha value is -0.315. The molecule has 1 heterocycles. The fraction of sp³-hybridized carbons (Fsp3) is 0.867. The number of rotatable bonds is 4. The van der Waals surface area contributed by atoms with Crippen LogP contribution in [0.1, 0.15) is 46.5 Å². The average Bonchev–Trinajstić information content (AvgIpc) is 2.72. The van der Waals surface area contributed by atoms with Crippen molar-refractivity contribution in [3.05, 3.63) is 12.7 Å². The molecule has 5 atom stereocenters. The lowest BCUT2D eigenvalue weighted by Gasteiger charge is -2.64. The van der Waals surface area contributed by atoms with E-state index in [0.717, 1.165) is 25.2 Å². The van der Waals surface area contributed by atoms with E-state index in [9.17, 15) is 0 Å². The van der Waals surface area contributed by atoms with Crippen molar-refractivity contribution >= 4 is 7.12 Å². The van der Waals surface area contributed by atoms with E-state index in [1.165, 1.54) is 6.42 Å². The molecule has 1 saturated heterocycles. The zero-order chi connectivity index (χ0) is 13.8. The van der Waals surface area contributed by atoms with E-state index in [1.807, 2.05) is 6.08 Å². The van der Waals surface area contributed by atoms with Gasteiger partial charge in [0.15, 0.2) is 0 Å². The monoisotopic (exact) mass is 263 g/mol. The van der Waals surface area contributed by atoms with E-state index in [4.69, 9.17) is 15.0 Å². The van der Waals surface area contributed by atoms with Crippen LogP contribution in [0.4, 0.5) is 0 Å². The van der Waals surface area contributed by atoms with Crippen LogP contribution in [-0.4, -0.2) is 24.8 Å². The third-order valence-electron chi connectivity index (χ3n) is 6.02. The molecule has 0 radical (unpaired) electrons. The summed E-state index contributed by atoms with van der Waals surface area (Å²) < 4.78 is 12.5. The Morgan fingerprint density at radius 3 is 2.79 bits per heavy atom. The molecule has 3 aliphatic carbocycles. The van der Waals surface area contributed by atoms with Crippen molar-refractivity contribution in [2.45, 2.75) is 64.1 Å². The molecule has 1 aliphatic heterocycles. The molecule has 4 heteroatoms. The predicted octanol–water partition coefficient (Wildman–Crippen LogP) is 2.55. The molecule has 4 aliphatic rings. The number of hydrogen-bond acceptors (Lipinski definition) is 3. The van der Waals surface area contributed by atoms with Crippen LogP contribution in [0.25, 0.3) is 0 Å². The lowest BCUT2D eigenvalue weighted by molar-refractivity contribution is -0.199. The van der Waals surface area contributed by atoms with Crippen LogP contribution < -0.4 is 5.73 Å². The molecular weight excluding hydrogens is 237 g/mol. The fourth-order valence-corrected chi connectivity index (χ4v) is 4.53. The maximum absolute atomic E-state index is 6.32. The molecule has 4 fully saturated rings. The summed E-state index contributed by atoms with van der Waals surface area (Å²) in [4.78, 5) is 0. The second-order valence-electron chi connectivity index (χ2n) is 7.37. The standard InChI is InChI=1S/C15H26BNO2/c1-5-6-7-13(17)16-18-12-9-10-8-11(14(10,2)3)15(12,4)19-16/h5,10-13H,1,6-9,17H2,2-4H3/t10-,11-,12+,13-,15-/m0/s1. The van der Waals surface area contributed by atoms with Crippen molar-refractivity contribution in [3.63, 3.8) is 0 Å².